The molecule has 0 unspecified atom stereocenters. The molecule has 1 N–H and O–H groups in total. The highest BCUT2D eigenvalue weighted by molar-refractivity contribution is 8.03. The van der Waals surface area contributed by atoms with Gasteiger partial charge in [-0.05, 0) is 18.4 Å². The number of ketones is 1. The summed E-state index contributed by atoms with van der Waals surface area (Å²) >= 11 is 4.50. The molecule has 0 bridgehead atoms. The van der Waals surface area contributed by atoms with Gasteiger partial charge in [-0.1, -0.05) is 34.9 Å². The first kappa shape index (κ1) is 11.7. The number of carbonyl (C=O) groups is 1. The minimum Gasteiger partial charge on any atom is -0.359 e. The van der Waals surface area contributed by atoms with Crippen LogP contribution in [0, 0.1) is 0 Å². The van der Waals surface area contributed by atoms with Gasteiger partial charge in [0.25, 0.3) is 0 Å². The molecular formula is C9H9N3OS3. The Hall–Kier alpha value is -0.790. The number of aromatic amines is 1. The number of thioether (sulfide) groups is 2. The third-order valence-corrected chi connectivity index (χ3v) is 4.82. The first-order valence-electron chi connectivity index (χ1n) is 4.46. The van der Waals surface area contributed by atoms with Crippen molar-refractivity contribution in [3.63, 3.8) is 0 Å². The van der Waals surface area contributed by atoms with Gasteiger partial charge in [-0.3, -0.25) is 4.79 Å². The van der Waals surface area contributed by atoms with Gasteiger partial charge in [-0.15, -0.1) is 10.2 Å². The summed E-state index contributed by atoms with van der Waals surface area (Å²) in [6.07, 6.45) is 3.70. The zero-order valence-corrected chi connectivity index (χ0v) is 10.9. The van der Waals surface area contributed by atoms with Crippen molar-refractivity contribution in [3.05, 3.63) is 24.0 Å². The summed E-state index contributed by atoms with van der Waals surface area (Å²) < 4.78 is 1.76. The fraction of sp³-hybridized carbons (Fsp3) is 0.222. The van der Waals surface area contributed by atoms with E-state index in [9.17, 15) is 4.79 Å². The third kappa shape index (κ3) is 2.87. The van der Waals surface area contributed by atoms with Crippen LogP contribution in [-0.2, 0) is 0 Å². The second-order valence-corrected chi connectivity index (χ2v) is 6.09. The van der Waals surface area contributed by atoms with Gasteiger partial charge in [0.05, 0.1) is 11.4 Å². The van der Waals surface area contributed by atoms with Crippen LogP contribution in [0.2, 0.25) is 0 Å². The summed E-state index contributed by atoms with van der Waals surface area (Å²) in [6.45, 7) is 0. The molecule has 0 radical (unpaired) electrons. The zero-order valence-electron chi connectivity index (χ0n) is 8.47. The van der Waals surface area contributed by atoms with Crippen LogP contribution in [-0.4, -0.2) is 33.0 Å². The normalized spacial score (nSPS) is 10.6. The van der Waals surface area contributed by atoms with Crippen LogP contribution in [0.3, 0.4) is 0 Å². The molecule has 0 atom stereocenters. The Balaban J connectivity index is 1.90. The number of H-pyrrole nitrogens is 1. The summed E-state index contributed by atoms with van der Waals surface area (Å²) in [4.78, 5) is 14.5. The van der Waals surface area contributed by atoms with Crippen LogP contribution in [0.5, 0.6) is 0 Å². The molecule has 4 nitrogen and oxygen atoms in total. The van der Waals surface area contributed by atoms with Crippen molar-refractivity contribution in [1.29, 1.82) is 0 Å². The molecule has 0 aliphatic heterocycles. The van der Waals surface area contributed by atoms with Crippen molar-refractivity contribution in [2.45, 2.75) is 8.68 Å². The van der Waals surface area contributed by atoms with E-state index in [2.05, 4.69) is 15.2 Å². The standard InChI is InChI=1S/C9H9N3OS3/c1-14-8-11-12-9(16-8)15-5-7(13)6-3-2-4-10-6/h2-4,10H,5H2,1H3. The molecule has 2 aromatic rings. The molecule has 0 saturated heterocycles. The van der Waals surface area contributed by atoms with Gasteiger partial charge in [0, 0.05) is 6.20 Å². The lowest BCUT2D eigenvalue weighted by Gasteiger charge is -1.94. The van der Waals surface area contributed by atoms with E-state index in [0.717, 1.165) is 8.68 Å². The maximum atomic E-state index is 11.7. The van der Waals surface area contributed by atoms with Gasteiger partial charge >= 0.3 is 0 Å². The van der Waals surface area contributed by atoms with Crippen molar-refractivity contribution in [3.8, 4) is 0 Å². The Morgan fingerprint density at radius 3 is 2.94 bits per heavy atom. The Labute approximate surface area is 105 Å². The molecule has 2 heterocycles. The highest BCUT2D eigenvalue weighted by Gasteiger charge is 2.09. The van der Waals surface area contributed by atoms with Crippen molar-refractivity contribution in [2.75, 3.05) is 12.0 Å². The largest absolute Gasteiger partial charge is 0.359 e. The number of nitrogens with one attached hydrogen (secondary N) is 1. The van der Waals surface area contributed by atoms with Gasteiger partial charge in [0.15, 0.2) is 14.5 Å². The fourth-order valence-electron chi connectivity index (χ4n) is 1.05. The maximum Gasteiger partial charge on any atom is 0.189 e. The zero-order chi connectivity index (χ0) is 11.4. The summed E-state index contributed by atoms with van der Waals surface area (Å²) in [5, 5.41) is 7.96. The van der Waals surface area contributed by atoms with E-state index >= 15 is 0 Å². The predicted molar refractivity (Wildman–Crippen MR) is 67.5 cm³/mol. The maximum absolute atomic E-state index is 11.7. The SMILES string of the molecule is CSc1nnc(SCC(=O)c2ccc[nH]2)s1. The van der Waals surface area contributed by atoms with Crippen LogP contribution in [0.25, 0.3) is 0 Å². The topological polar surface area (TPSA) is 58.6 Å². The summed E-state index contributed by atoms with van der Waals surface area (Å²) in [5.41, 5.74) is 0.641. The number of Topliss-reactive ketones (excluding diaryl/α,β-unsaturated/α-hetero) is 1. The van der Waals surface area contributed by atoms with Gasteiger partial charge in [-0.2, -0.15) is 0 Å². The minimum atomic E-state index is 0.0795. The van der Waals surface area contributed by atoms with Crippen molar-refractivity contribution in [2.24, 2.45) is 0 Å². The van der Waals surface area contributed by atoms with E-state index in [1.165, 1.54) is 23.1 Å². The van der Waals surface area contributed by atoms with Gasteiger partial charge in [0.2, 0.25) is 0 Å². The van der Waals surface area contributed by atoms with Gasteiger partial charge in [-0.25, -0.2) is 0 Å². The smallest absolute Gasteiger partial charge is 0.189 e. The molecule has 2 rings (SSSR count). The molecule has 7 heteroatoms. The average Bonchev–Trinajstić information content (AvgIpc) is 2.96. The average molecular weight is 271 g/mol. The van der Waals surface area contributed by atoms with E-state index < -0.39 is 0 Å². The molecule has 0 fully saturated rings. The highest BCUT2D eigenvalue weighted by Crippen LogP contribution is 2.27. The highest BCUT2D eigenvalue weighted by atomic mass is 32.2. The molecule has 0 saturated carbocycles. The van der Waals surface area contributed by atoms with Crippen LogP contribution in [0.1, 0.15) is 10.5 Å². The second-order valence-electron chi connectivity index (χ2n) is 2.83. The molecule has 0 aromatic carbocycles. The first-order chi connectivity index (χ1) is 7.79. The molecule has 0 aliphatic carbocycles. The lowest BCUT2D eigenvalue weighted by atomic mass is 10.3. The summed E-state index contributed by atoms with van der Waals surface area (Å²) in [5.74, 6) is 0.472. The molecular weight excluding hydrogens is 262 g/mol. The minimum absolute atomic E-state index is 0.0795. The summed E-state index contributed by atoms with van der Waals surface area (Å²) in [6, 6.07) is 3.59. The van der Waals surface area contributed by atoms with Crippen LogP contribution < -0.4 is 0 Å². The number of nitrogens with zero attached hydrogens (tertiary/aromatic N) is 2. The Morgan fingerprint density at radius 2 is 2.31 bits per heavy atom. The monoisotopic (exact) mass is 271 g/mol. The Morgan fingerprint density at radius 1 is 1.50 bits per heavy atom. The Kier molecular flexibility index (Phi) is 4.03. The summed E-state index contributed by atoms with van der Waals surface area (Å²) in [7, 11) is 0. The van der Waals surface area contributed by atoms with Crippen LogP contribution in [0.4, 0.5) is 0 Å². The van der Waals surface area contributed by atoms with Gasteiger partial charge in [0.1, 0.15) is 0 Å². The third-order valence-electron chi connectivity index (χ3n) is 1.79. The lowest BCUT2D eigenvalue weighted by molar-refractivity contribution is 0.101. The second kappa shape index (κ2) is 5.51. The number of aromatic nitrogens is 3. The molecule has 84 valence electrons. The van der Waals surface area contributed by atoms with Crippen LogP contribution in [0.15, 0.2) is 27.0 Å². The van der Waals surface area contributed by atoms with E-state index in [1.807, 2.05) is 12.3 Å². The van der Waals surface area contributed by atoms with Crippen molar-refractivity contribution >= 4 is 40.6 Å². The molecule has 0 amide bonds. The lowest BCUT2D eigenvalue weighted by Crippen LogP contribution is -2.02. The van der Waals surface area contributed by atoms with Gasteiger partial charge < -0.3 is 4.98 Å². The molecule has 0 spiro atoms. The number of hydrogen-bond donors (Lipinski definition) is 1. The number of hydrogen-bond acceptors (Lipinski definition) is 6. The number of rotatable bonds is 5. The molecule has 16 heavy (non-hydrogen) atoms. The predicted octanol–water partition coefficient (Wildman–Crippen LogP) is 2.56. The van der Waals surface area contributed by atoms with Crippen molar-refractivity contribution < 1.29 is 4.79 Å². The fourth-order valence-corrected chi connectivity index (χ4v) is 3.37. The molecule has 0 aliphatic rings. The van der Waals surface area contributed by atoms with E-state index in [4.69, 9.17) is 0 Å². The van der Waals surface area contributed by atoms with E-state index in [1.54, 1.807) is 24.0 Å². The van der Waals surface area contributed by atoms with E-state index in [0.29, 0.717) is 11.4 Å². The Bertz CT molecular complexity index is 466. The number of carbonyl (C=O) groups excluding carboxylic acids is 1. The van der Waals surface area contributed by atoms with Crippen molar-refractivity contribution in [1.82, 2.24) is 15.2 Å². The molecule has 2 aromatic heterocycles. The van der Waals surface area contributed by atoms with E-state index in [-0.39, 0.29) is 5.78 Å². The quantitative estimate of drug-likeness (QED) is 0.669. The first-order valence-corrected chi connectivity index (χ1v) is 7.49. The van der Waals surface area contributed by atoms with Crippen LogP contribution >= 0.6 is 34.9 Å².